The first kappa shape index (κ1) is 29.7. The van der Waals surface area contributed by atoms with E-state index in [2.05, 4.69) is 26.0 Å². The van der Waals surface area contributed by atoms with Crippen LogP contribution in [0, 0.1) is 0 Å². The zero-order valence-electron chi connectivity index (χ0n) is 20.1. The Morgan fingerprint density at radius 1 is 0.703 bits per heavy atom. The lowest BCUT2D eigenvalue weighted by molar-refractivity contribution is 0.0592. The summed E-state index contributed by atoms with van der Waals surface area (Å²) in [7, 11) is 2.73. The lowest BCUT2D eigenvalue weighted by Crippen LogP contribution is -2.05. The molecule has 4 aromatic rings. The molecule has 6 nitrogen and oxygen atoms in total. The zero-order valence-corrected chi connectivity index (χ0v) is 23.2. The Bertz CT molecular complexity index is 1280. The van der Waals surface area contributed by atoms with Gasteiger partial charge >= 0.3 is 11.9 Å². The molecule has 0 aliphatic rings. The second-order valence-electron chi connectivity index (χ2n) is 7.19. The second-order valence-corrected chi connectivity index (χ2v) is 8.92. The Morgan fingerprint density at radius 3 is 1.68 bits per heavy atom. The van der Waals surface area contributed by atoms with E-state index in [1.165, 1.54) is 14.2 Å². The molecule has 9 heteroatoms. The van der Waals surface area contributed by atoms with Crippen LogP contribution in [0.2, 0.25) is 10.0 Å². The van der Waals surface area contributed by atoms with Gasteiger partial charge in [-0.2, -0.15) is 0 Å². The summed E-state index contributed by atoms with van der Waals surface area (Å²) in [5.41, 5.74) is 8.72. The van der Waals surface area contributed by atoms with E-state index in [-0.39, 0.29) is 11.9 Å². The van der Waals surface area contributed by atoms with E-state index >= 15 is 0 Å². The monoisotopic (exact) mass is 602 g/mol. The summed E-state index contributed by atoms with van der Waals surface area (Å²) in [4.78, 5) is 22.6. The Balaban J connectivity index is 0.000000215. The van der Waals surface area contributed by atoms with E-state index in [1.807, 2.05) is 30.3 Å². The van der Waals surface area contributed by atoms with Crippen LogP contribution in [0.4, 0.5) is 17.1 Å². The maximum atomic E-state index is 11.6. The summed E-state index contributed by atoms with van der Waals surface area (Å²) in [5.74, 6) is -0.690. The molecule has 4 aromatic carbocycles. The third kappa shape index (κ3) is 10.2. The highest BCUT2D eigenvalue weighted by Gasteiger charge is 2.10. The summed E-state index contributed by atoms with van der Waals surface area (Å²) in [6.45, 7) is 0. The molecular formula is C28H25BrCl2N2O4. The van der Waals surface area contributed by atoms with Gasteiger partial charge in [0.05, 0.1) is 31.0 Å². The molecule has 192 valence electrons. The number of nitrogens with one attached hydrogen (secondary N) is 1. The van der Waals surface area contributed by atoms with Crippen LogP contribution in [0.25, 0.3) is 0 Å². The Labute approximate surface area is 234 Å². The van der Waals surface area contributed by atoms with Crippen LogP contribution >= 0.6 is 39.1 Å². The molecule has 0 fully saturated rings. The number of methoxy groups -OCH3 is 2. The van der Waals surface area contributed by atoms with Crippen LogP contribution in [-0.4, -0.2) is 26.2 Å². The van der Waals surface area contributed by atoms with Gasteiger partial charge in [0, 0.05) is 25.9 Å². The fourth-order valence-corrected chi connectivity index (χ4v) is 3.47. The number of nitrogens with two attached hydrogens (primary N) is 1. The lowest BCUT2D eigenvalue weighted by Gasteiger charge is -2.10. The molecule has 37 heavy (non-hydrogen) atoms. The highest BCUT2D eigenvalue weighted by molar-refractivity contribution is 9.10. The molecule has 0 saturated carbocycles. The number of nitrogen functional groups attached to an aromatic ring is 1. The summed E-state index contributed by atoms with van der Waals surface area (Å²) >= 11 is 14.6. The molecule has 0 aliphatic heterocycles. The Kier molecular flexibility index (Phi) is 12.5. The summed E-state index contributed by atoms with van der Waals surface area (Å²) in [6, 6.07) is 28.6. The smallest absolute Gasteiger partial charge is 0.339 e. The van der Waals surface area contributed by atoms with Gasteiger partial charge in [-0.1, -0.05) is 47.5 Å². The van der Waals surface area contributed by atoms with Crippen LogP contribution in [0.3, 0.4) is 0 Å². The predicted molar refractivity (Wildman–Crippen MR) is 154 cm³/mol. The number of benzene rings is 4. The first-order valence-electron chi connectivity index (χ1n) is 10.8. The molecule has 0 atom stereocenters. The van der Waals surface area contributed by atoms with E-state index in [0.717, 1.165) is 20.9 Å². The maximum Gasteiger partial charge on any atom is 0.339 e. The van der Waals surface area contributed by atoms with Gasteiger partial charge in [-0.3, -0.25) is 0 Å². The number of esters is 2. The molecule has 3 N–H and O–H groups in total. The van der Waals surface area contributed by atoms with Crippen molar-refractivity contribution in [2.75, 3.05) is 25.3 Å². The summed E-state index contributed by atoms with van der Waals surface area (Å²) in [5, 5.41) is 4.55. The summed E-state index contributed by atoms with van der Waals surface area (Å²) in [6.07, 6.45) is 0. The van der Waals surface area contributed by atoms with Crippen molar-refractivity contribution in [3.63, 3.8) is 0 Å². The first-order chi connectivity index (χ1) is 17.7. The summed E-state index contributed by atoms with van der Waals surface area (Å²) < 4.78 is 10.0. The number of hydrogen-bond donors (Lipinski definition) is 2. The SMILES string of the molecule is COC(=O)c1ccccc1Br.COC(=O)c1ccccc1Nc1ccc(Cl)cc1.Nc1ccc(Cl)cc1. The normalized spacial score (nSPS) is 9.54. The standard InChI is InChI=1S/C14H12ClNO2.C8H7BrO2.C6H6ClN/c1-18-14(17)12-4-2-3-5-13(12)16-11-8-6-10(15)7-9-11;1-11-8(10)6-4-2-3-5-7(6)9;7-5-1-3-6(8)4-2-5/h2-9,16H,1H3;2-5H,1H3;1-4H,8H2. The number of hydrogen-bond acceptors (Lipinski definition) is 6. The molecular weight excluding hydrogens is 579 g/mol. The van der Waals surface area contributed by atoms with Crippen molar-refractivity contribution in [1.82, 2.24) is 0 Å². The van der Waals surface area contributed by atoms with E-state index in [0.29, 0.717) is 21.8 Å². The van der Waals surface area contributed by atoms with Gasteiger partial charge in [-0.05, 0) is 88.7 Å². The molecule has 0 amide bonds. The number of halogens is 3. The topological polar surface area (TPSA) is 90.6 Å². The maximum absolute atomic E-state index is 11.6. The molecule has 0 aliphatic carbocycles. The lowest BCUT2D eigenvalue weighted by atomic mass is 10.1. The fraction of sp³-hybridized carbons (Fsp3) is 0.0714. The van der Waals surface area contributed by atoms with Crippen molar-refractivity contribution in [3.05, 3.63) is 123 Å². The minimum absolute atomic E-state index is 0.322. The van der Waals surface area contributed by atoms with Gasteiger partial charge in [0.1, 0.15) is 0 Å². The van der Waals surface area contributed by atoms with E-state index in [1.54, 1.807) is 66.7 Å². The third-order valence-electron chi connectivity index (χ3n) is 4.60. The number of ether oxygens (including phenoxy) is 2. The second kappa shape index (κ2) is 15.6. The van der Waals surface area contributed by atoms with Gasteiger partial charge in [0.15, 0.2) is 0 Å². The van der Waals surface area contributed by atoms with Crippen LogP contribution < -0.4 is 11.1 Å². The number of para-hydroxylation sites is 1. The largest absolute Gasteiger partial charge is 0.465 e. The molecule has 0 heterocycles. The minimum atomic E-state index is -0.368. The number of carbonyl (C=O) groups is 2. The van der Waals surface area contributed by atoms with Gasteiger partial charge in [0.25, 0.3) is 0 Å². The van der Waals surface area contributed by atoms with Crippen molar-refractivity contribution in [3.8, 4) is 0 Å². The molecule has 0 aromatic heterocycles. The number of carbonyl (C=O) groups excluding carboxylic acids is 2. The average molecular weight is 604 g/mol. The third-order valence-corrected chi connectivity index (χ3v) is 5.80. The minimum Gasteiger partial charge on any atom is -0.465 e. The molecule has 0 bridgehead atoms. The Morgan fingerprint density at radius 2 is 1.16 bits per heavy atom. The van der Waals surface area contributed by atoms with E-state index in [9.17, 15) is 9.59 Å². The predicted octanol–water partition coefficient (Wildman–Crippen LogP) is 8.03. The Hall–Kier alpha value is -3.52. The fourth-order valence-electron chi connectivity index (χ4n) is 2.77. The highest BCUT2D eigenvalue weighted by atomic mass is 79.9. The van der Waals surface area contributed by atoms with Crippen molar-refractivity contribution in [2.45, 2.75) is 0 Å². The van der Waals surface area contributed by atoms with Crippen LogP contribution in [-0.2, 0) is 9.47 Å². The van der Waals surface area contributed by atoms with Gasteiger partial charge in [-0.15, -0.1) is 0 Å². The molecule has 0 spiro atoms. The van der Waals surface area contributed by atoms with Crippen LogP contribution in [0.1, 0.15) is 20.7 Å². The highest BCUT2D eigenvalue weighted by Crippen LogP contribution is 2.22. The van der Waals surface area contributed by atoms with E-state index < -0.39 is 0 Å². The van der Waals surface area contributed by atoms with Crippen LogP contribution in [0.5, 0.6) is 0 Å². The quantitative estimate of drug-likeness (QED) is 0.181. The van der Waals surface area contributed by atoms with E-state index in [4.69, 9.17) is 33.7 Å². The molecule has 0 saturated heterocycles. The van der Waals surface area contributed by atoms with Crippen molar-refractivity contribution in [2.24, 2.45) is 0 Å². The number of rotatable bonds is 4. The zero-order chi connectivity index (χ0) is 27.2. The van der Waals surface area contributed by atoms with Gasteiger partial charge in [-0.25, -0.2) is 9.59 Å². The number of anilines is 3. The molecule has 0 radical (unpaired) electrons. The molecule has 4 rings (SSSR count). The van der Waals surface area contributed by atoms with Crippen molar-refractivity contribution in [1.29, 1.82) is 0 Å². The molecule has 0 unspecified atom stereocenters. The first-order valence-corrected chi connectivity index (χ1v) is 12.3. The van der Waals surface area contributed by atoms with Crippen molar-refractivity contribution < 1.29 is 19.1 Å². The average Bonchev–Trinajstić information content (AvgIpc) is 2.92. The van der Waals surface area contributed by atoms with Crippen LogP contribution in [0.15, 0.2) is 102 Å². The van der Waals surface area contributed by atoms with Gasteiger partial charge < -0.3 is 20.5 Å². The van der Waals surface area contributed by atoms with Crippen molar-refractivity contribution >= 4 is 68.1 Å². The van der Waals surface area contributed by atoms with Gasteiger partial charge in [0.2, 0.25) is 0 Å².